The summed E-state index contributed by atoms with van der Waals surface area (Å²) in [6, 6.07) is 58.8. The van der Waals surface area contributed by atoms with Gasteiger partial charge in [0.05, 0.1) is 27.8 Å². The van der Waals surface area contributed by atoms with Crippen LogP contribution in [0.1, 0.15) is 19.4 Å². The summed E-state index contributed by atoms with van der Waals surface area (Å²) >= 11 is 0. The van der Waals surface area contributed by atoms with Gasteiger partial charge >= 0.3 is 0 Å². The van der Waals surface area contributed by atoms with Gasteiger partial charge in [0, 0.05) is 54.3 Å². The molecule has 0 amide bonds. The minimum Gasteiger partial charge on any atom is -0.455 e. The Balaban J connectivity index is 1.21. The highest BCUT2D eigenvalue weighted by atomic mass is 16.3. The van der Waals surface area contributed by atoms with Crippen molar-refractivity contribution in [3.63, 3.8) is 0 Å². The Morgan fingerprint density at radius 2 is 0.948 bits per heavy atom. The number of hydrogen-bond acceptors (Lipinski definition) is 2. The molecule has 8 aromatic carbocycles. The van der Waals surface area contributed by atoms with E-state index in [1.807, 2.05) is 0 Å². The lowest BCUT2D eigenvalue weighted by molar-refractivity contribution is 0.663. The van der Waals surface area contributed by atoms with Crippen LogP contribution in [-0.4, -0.2) is 9.13 Å². The third-order valence-corrected chi connectivity index (χ3v) is 12.0. The Bertz CT molecular complexity index is 3590. The van der Waals surface area contributed by atoms with Gasteiger partial charge in [-0.2, -0.15) is 0 Å². The third-order valence-electron chi connectivity index (χ3n) is 12.0. The van der Waals surface area contributed by atoms with Crippen LogP contribution < -0.4 is 0 Å². The lowest BCUT2D eigenvalue weighted by Gasteiger charge is -2.14. The molecule has 0 bridgehead atoms. The van der Waals surface area contributed by atoms with Gasteiger partial charge in [0.2, 0.25) is 0 Å². The van der Waals surface area contributed by atoms with Crippen molar-refractivity contribution in [3.05, 3.63) is 188 Å². The van der Waals surface area contributed by atoms with Crippen molar-refractivity contribution in [2.24, 2.45) is 0 Å². The summed E-state index contributed by atoms with van der Waals surface area (Å²) in [6.07, 6.45) is 6.43. The van der Waals surface area contributed by atoms with Gasteiger partial charge < -0.3 is 18.0 Å². The molecule has 0 N–H and O–H groups in total. The number of aromatic nitrogens is 2. The second kappa shape index (κ2) is 12.5. The summed E-state index contributed by atoms with van der Waals surface area (Å²) in [5, 5.41) is 8.99. The molecule has 4 heterocycles. The third kappa shape index (κ3) is 4.63. The number of nitrogens with zero attached hydrogens (tertiary/aromatic N) is 2. The van der Waals surface area contributed by atoms with Crippen molar-refractivity contribution < 1.29 is 8.83 Å². The molecule has 4 nitrogen and oxygen atoms in total. The molecule has 0 fully saturated rings. The molecule has 12 rings (SSSR count). The minimum atomic E-state index is 0.818. The molecule has 4 aromatic heterocycles. The molecule has 0 aliphatic carbocycles. The van der Waals surface area contributed by atoms with E-state index in [4.69, 9.17) is 8.83 Å². The maximum atomic E-state index is 7.14. The number of benzene rings is 8. The van der Waals surface area contributed by atoms with Crippen LogP contribution in [0.15, 0.2) is 191 Å². The quantitative estimate of drug-likeness (QED) is 0.165. The zero-order chi connectivity index (χ0) is 38.5. The summed E-state index contributed by atoms with van der Waals surface area (Å²) in [6.45, 7) is 4.15. The Morgan fingerprint density at radius 3 is 1.50 bits per heavy atom. The largest absolute Gasteiger partial charge is 0.455 e. The molecule has 0 radical (unpaired) electrons. The molecule has 0 saturated carbocycles. The molecule has 0 aliphatic heterocycles. The Labute approximate surface area is 333 Å². The fourth-order valence-electron chi connectivity index (χ4n) is 9.43. The number of para-hydroxylation sites is 4. The Morgan fingerprint density at radius 1 is 0.448 bits per heavy atom. The average Bonchev–Trinajstić information content (AvgIpc) is 4.02. The van der Waals surface area contributed by atoms with Crippen LogP contribution >= 0.6 is 0 Å². The van der Waals surface area contributed by atoms with Gasteiger partial charge in [0.1, 0.15) is 16.7 Å². The van der Waals surface area contributed by atoms with E-state index in [-0.39, 0.29) is 0 Å². The molecule has 0 aliphatic rings. The molecule has 0 spiro atoms. The number of fused-ring (bicyclic) bond motifs is 12. The lowest BCUT2D eigenvalue weighted by atomic mass is 9.95. The van der Waals surface area contributed by atoms with E-state index in [2.05, 4.69) is 205 Å². The summed E-state index contributed by atoms with van der Waals surface area (Å²) < 4.78 is 18.9. The molecule has 0 atom stereocenters. The number of furan rings is 2. The molecule has 58 heavy (non-hydrogen) atoms. The topological polar surface area (TPSA) is 36.1 Å². The van der Waals surface area contributed by atoms with E-state index < -0.39 is 0 Å². The summed E-state index contributed by atoms with van der Waals surface area (Å²) in [7, 11) is 0. The van der Waals surface area contributed by atoms with Crippen molar-refractivity contribution in [1.82, 2.24) is 9.13 Å². The van der Waals surface area contributed by atoms with Gasteiger partial charge in [-0.05, 0) is 91.2 Å². The Hall–Kier alpha value is -7.56. The van der Waals surface area contributed by atoms with E-state index in [1.54, 1.807) is 0 Å². The first kappa shape index (κ1) is 32.7. The van der Waals surface area contributed by atoms with Gasteiger partial charge in [-0.1, -0.05) is 121 Å². The van der Waals surface area contributed by atoms with Crippen LogP contribution in [0.25, 0.3) is 116 Å². The van der Waals surface area contributed by atoms with Crippen LogP contribution in [0.5, 0.6) is 0 Å². The second-order valence-electron chi connectivity index (χ2n) is 15.1. The maximum Gasteiger partial charge on any atom is 0.159 e. The van der Waals surface area contributed by atoms with Crippen molar-refractivity contribution in [3.8, 4) is 22.5 Å². The molecular weight excluding hydrogens is 709 g/mol. The van der Waals surface area contributed by atoms with Gasteiger partial charge in [0.25, 0.3) is 0 Å². The summed E-state index contributed by atoms with van der Waals surface area (Å²) in [5.74, 6) is 0. The highest BCUT2D eigenvalue weighted by molar-refractivity contribution is 6.19. The van der Waals surface area contributed by atoms with Crippen LogP contribution in [0.2, 0.25) is 0 Å². The molecular formula is C54H36N2O2. The van der Waals surface area contributed by atoms with E-state index in [9.17, 15) is 0 Å². The molecule has 4 heteroatoms. The highest BCUT2D eigenvalue weighted by Gasteiger charge is 2.23. The van der Waals surface area contributed by atoms with E-state index >= 15 is 0 Å². The summed E-state index contributed by atoms with van der Waals surface area (Å²) in [5.41, 5.74) is 14.5. The van der Waals surface area contributed by atoms with Crippen LogP contribution in [0.3, 0.4) is 0 Å². The highest BCUT2D eigenvalue weighted by Crippen LogP contribution is 2.45. The first-order valence-corrected chi connectivity index (χ1v) is 19.9. The van der Waals surface area contributed by atoms with Crippen molar-refractivity contribution in [1.29, 1.82) is 0 Å². The first-order valence-electron chi connectivity index (χ1n) is 19.9. The van der Waals surface area contributed by atoms with E-state index in [0.29, 0.717) is 0 Å². The predicted octanol–water partition coefficient (Wildman–Crippen LogP) is 15.3. The maximum absolute atomic E-state index is 7.14. The normalized spacial score (nSPS) is 12.7. The van der Waals surface area contributed by atoms with E-state index in [0.717, 1.165) is 99.6 Å². The van der Waals surface area contributed by atoms with Gasteiger partial charge in [-0.15, -0.1) is 0 Å². The fourth-order valence-corrected chi connectivity index (χ4v) is 9.43. The smallest absolute Gasteiger partial charge is 0.159 e. The van der Waals surface area contributed by atoms with Crippen molar-refractivity contribution in [2.75, 3.05) is 0 Å². The SMILES string of the molecule is C/C=C\C(=C/C)c1cc(-c2ccccc2)c2oc3cc4c(cc3c2c1)oc1c(-n2c3ccccc3c3ccccc32)cc(-n2c3ccccc3c3ccccc32)cc14. The van der Waals surface area contributed by atoms with Gasteiger partial charge in [-0.3, -0.25) is 0 Å². The van der Waals surface area contributed by atoms with Crippen molar-refractivity contribution in [2.45, 2.75) is 13.8 Å². The molecule has 274 valence electrons. The molecule has 0 saturated heterocycles. The number of allylic oxidation sites excluding steroid dienone is 4. The van der Waals surface area contributed by atoms with Gasteiger partial charge in [-0.25, -0.2) is 0 Å². The number of rotatable bonds is 5. The van der Waals surface area contributed by atoms with Crippen LogP contribution in [0, 0.1) is 0 Å². The molecule has 12 aromatic rings. The van der Waals surface area contributed by atoms with Crippen LogP contribution in [-0.2, 0) is 0 Å². The summed E-state index contributed by atoms with van der Waals surface area (Å²) in [4.78, 5) is 0. The van der Waals surface area contributed by atoms with Crippen molar-refractivity contribution >= 4 is 93.1 Å². The van der Waals surface area contributed by atoms with E-state index in [1.165, 1.54) is 21.5 Å². The first-order chi connectivity index (χ1) is 28.7. The fraction of sp³-hybridized carbons (Fsp3) is 0.0370. The zero-order valence-electron chi connectivity index (χ0n) is 32.0. The second-order valence-corrected chi connectivity index (χ2v) is 15.1. The Kier molecular flexibility index (Phi) is 7.02. The zero-order valence-corrected chi connectivity index (χ0v) is 32.0. The van der Waals surface area contributed by atoms with Gasteiger partial charge in [0.15, 0.2) is 5.58 Å². The standard InChI is InChI=1S/C54H36N2O2/c1-3-16-33(4-2)35-27-41(34-17-6-5-7-18-34)53-44(28-35)42-31-52-43(32-51(42)57-53)45-29-36(55-46-23-12-8-19-37(46)38-20-9-13-24-47(38)55)30-50(54(45)58-52)56-48-25-14-10-21-39(48)40-22-11-15-26-49(40)56/h3-32H,1-2H3/b16-3-,33-4+. The average molecular weight is 745 g/mol. The lowest BCUT2D eigenvalue weighted by Crippen LogP contribution is -1.99. The minimum absolute atomic E-state index is 0.818. The monoisotopic (exact) mass is 744 g/mol. The number of hydrogen-bond donors (Lipinski definition) is 0. The predicted molar refractivity (Wildman–Crippen MR) is 244 cm³/mol. The molecule has 0 unspecified atom stereocenters. The van der Waals surface area contributed by atoms with Crippen LogP contribution in [0.4, 0.5) is 0 Å².